The zero-order valence-corrected chi connectivity index (χ0v) is 19.5. The van der Waals surface area contributed by atoms with Crippen molar-refractivity contribution in [2.24, 2.45) is 4.99 Å². The van der Waals surface area contributed by atoms with Gasteiger partial charge in [-0.25, -0.2) is 10.1 Å². The predicted octanol–water partition coefficient (Wildman–Crippen LogP) is 3.88. The summed E-state index contributed by atoms with van der Waals surface area (Å²) in [4.78, 5) is 11.8. The molecule has 0 spiro atoms. The first-order valence-corrected chi connectivity index (χ1v) is 11.3. The SMILES string of the molecule is C=CCN1CN(C)C=C2C1=NC(C(=C)C)N2Cc1ccc(-c2ccccc2-c2nnn[nH]2)cc1. The van der Waals surface area contributed by atoms with Crippen LogP contribution in [0, 0.1) is 0 Å². The summed E-state index contributed by atoms with van der Waals surface area (Å²) >= 11 is 0. The number of aromatic amines is 1. The van der Waals surface area contributed by atoms with E-state index in [1.807, 2.05) is 31.2 Å². The zero-order chi connectivity index (χ0) is 23.7. The summed E-state index contributed by atoms with van der Waals surface area (Å²) in [6, 6.07) is 16.8. The van der Waals surface area contributed by atoms with Crippen LogP contribution in [0.25, 0.3) is 22.5 Å². The van der Waals surface area contributed by atoms with Crippen LogP contribution >= 0.6 is 0 Å². The Morgan fingerprint density at radius 3 is 2.59 bits per heavy atom. The van der Waals surface area contributed by atoms with E-state index in [-0.39, 0.29) is 6.17 Å². The number of amidine groups is 1. The van der Waals surface area contributed by atoms with Crippen molar-refractivity contribution in [3.8, 4) is 22.5 Å². The van der Waals surface area contributed by atoms with Gasteiger partial charge in [0.2, 0.25) is 0 Å². The van der Waals surface area contributed by atoms with E-state index in [1.54, 1.807) is 0 Å². The fraction of sp³-hybridized carbons (Fsp3) is 0.231. The molecule has 0 fully saturated rings. The molecular weight excluding hydrogens is 424 g/mol. The first-order chi connectivity index (χ1) is 16.5. The van der Waals surface area contributed by atoms with Crippen molar-refractivity contribution in [1.82, 2.24) is 35.3 Å². The largest absolute Gasteiger partial charge is 0.361 e. The van der Waals surface area contributed by atoms with Crippen molar-refractivity contribution in [2.75, 3.05) is 20.3 Å². The number of H-pyrrole nitrogens is 1. The molecule has 8 nitrogen and oxygen atoms in total. The second-order valence-corrected chi connectivity index (χ2v) is 8.72. The summed E-state index contributed by atoms with van der Waals surface area (Å²) in [5.41, 5.74) is 6.51. The minimum atomic E-state index is -0.0839. The topological polar surface area (TPSA) is 76.5 Å². The Labute approximate surface area is 199 Å². The van der Waals surface area contributed by atoms with Gasteiger partial charge in [0.05, 0.1) is 12.4 Å². The highest BCUT2D eigenvalue weighted by Gasteiger charge is 2.36. The summed E-state index contributed by atoms with van der Waals surface area (Å²) in [5, 5.41) is 14.4. The van der Waals surface area contributed by atoms with Crippen LogP contribution in [-0.4, -0.2) is 67.6 Å². The summed E-state index contributed by atoms with van der Waals surface area (Å²) in [7, 11) is 2.09. The Balaban J connectivity index is 1.42. The molecule has 3 aromatic rings. The van der Waals surface area contributed by atoms with Crippen LogP contribution in [0.15, 0.2) is 90.2 Å². The Kier molecular flexibility index (Phi) is 5.71. The van der Waals surface area contributed by atoms with Gasteiger partial charge in [0, 0.05) is 31.9 Å². The normalized spacial score (nSPS) is 17.4. The Bertz CT molecular complexity index is 1260. The lowest BCUT2D eigenvalue weighted by molar-refractivity contribution is 0.259. The smallest absolute Gasteiger partial charge is 0.180 e. The maximum absolute atomic E-state index is 5.03. The second kappa shape index (κ2) is 8.97. The van der Waals surface area contributed by atoms with E-state index < -0.39 is 0 Å². The molecule has 1 N–H and O–H groups in total. The van der Waals surface area contributed by atoms with Crippen LogP contribution in [0.1, 0.15) is 12.5 Å². The standard InChI is InChI=1S/C26H28N8/c1-5-14-33-17-32(4)16-23-26(33)27-25(18(2)3)34(23)15-19-10-12-20(13-11-19)21-8-6-7-9-22(21)24-28-30-31-29-24/h5-13,16,25H,1-2,14-15,17H2,3-4H3,(H,28,29,30,31). The third-order valence-corrected chi connectivity index (χ3v) is 6.05. The number of hydrogen-bond donors (Lipinski definition) is 1. The highest BCUT2D eigenvalue weighted by Crippen LogP contribution is 2.33. The van der Waals surface area contributed by atoms with Gasteiger partial charge in [0.1, 0.15) is 6.17 Å². The fourth-order valence-electron chi connectivity index (χ4n) is 4.52. The molecule has 2 aliphatic heterocycles. The van der Waals surface area contributed by atoms with E-state index in [1.165, 1.54) is 5.56 Å². The number of benzene rings is 2. The number of rotatable bonds is 7. The number of hydrogen-bond acceptors (Lipinski definition) is 7. The average molecular weight is 453 g/mol. The molecule has 0 saturated heterocycles. The molecule has 0 bridgehead atoms. The number of fused-ring (bicyclic) bond motifs is 1. The number of aliphatic imine (C=N–C) groups is 1. The van der Waals surface area contributed by atoms with E-state index in [2.05, 4.69) is 92.1 Å². The first-order valence-electron chi connectivity index (χ1n) is 11.3. The highest BCUT2D eigenvalue weighted by molar-refractivity contribution is 6.00. The van der Waals surface area contributed by atoms with E-state index in [4.69, 9.17) is 4.99 Å². The van der Waals surface area contributed by atoms with Gasteiger partial charge in [-0.15, -0.1) is 11.7 Å². The lowest BCUT2D eigenvalue weighted by atomic mass is 9.98. The first kappa shape index (κ1) is 21.6. The third kappa shape index (κ3) is 3.98. The molecule has 2 aliphatic rings. The van der Waals surface area contributed by atoms with Crippen molar-refractivity contribution in [2.45, 2.75) is 19.6 Å². The molecule has 3 heterocycles. The summed E-state index contributed by atoms with van der Waals surface area (Å²) < 4.78 is 0. The van der Waals surface area contributed by atoms with Gasteiger partial charge < -0.3 is 14.7 Å². The van der Waals surface area contributed by atoms with E-state index in [0.29, 0.717) is 5.82 Å². The minimum absolute atomic E-state index is 0.0839. The molecule has 172 valence electrons. The van der Waals surface area contributed by atoms with Gasteiger partial charge in [-0.05, 0) is 39.6 Å². The van der Waals surface area contributed by atoms with Crippen LogP contribution in [0.2, 0.25) is 0 Å². The van der Waals surface area contributed by atoms with Gasteiger partial charge in [0.25, 0.3) is 0 Å². The van der Waals surface area contributed by atoms with Crippen molar-refractivity contribution < 1.29 is 0 Å². The minimum Gasteiger partial charge on any atom is -0.361 e. The molecule has 2 aromatic carbocycles. The van der Waals surface area contributed by atoms with Crippen LogP contribution in [-0.2, 0) is 6.54 Å². The molecule has 1 unspecified atom stereocenters. The molecule has 1 atom stereocenters. The number of nitrogens with one attached hydrogen (secondary N) is 1. The molecular formula is C26H28N8. The van der Waals surface area contributed by atoms with E-state index in [9.17, 15) is 0 Å². The zero-order valence-electron chi connectivity index (χ0n) is 19.5. The van der Waals surface area contributed by atoms with Crippen LogP contribution in [0.5, 0.6) is 0 Å². The van der Waals surface area contributed by atoms with Crippen LogP contribution in [0.3, 0.4) is 0 Å². The maximum atomic E-state index is 5.03. The monoisotopic (exact) mass is 452 g/mol. The maximum Gasteiger partial charge on any atom is 0.180 e. The summed E-state index contributed by atoms with van der Waals surface area (Å²) in [5.74, 6) is 1.67. The Morgan fingerprint density at radius 2 is 1.91 bits per heavy atom. The highest BCUT2D eigenvalue weighted by atomic mass is 15.5. The Morgan fingerprint density at radius 1 is 1.15 bits per heavy atom. The van der Waals surface area contributed by atoms with Crippen molar-refractivity contribution in [3.63, 3.8) is 0 Å². The van der Waals surface area contributed by atoms with E-state index >= 15 is 0 Å². The lowest BCUT2D eigenvalue weighted by Crippen LogP contribution is -2.44. The molecule has 1 aromatic heterocycles. The molecule has 0 saturated carbocycles. The van der Waals surface area contributed by atoms with Gasteiger partial charge in [0.15, 0.2) is 11.7 Å². The van der Waals surface area contributed by atoms with Crippen molar-refractivity contribution >= 4 is 5.84 Å². The van der Waals surface area contributed by atoms with Gasteiger partial charge >= 0.3 is 0 Å². The average Bonchev–Trinajstić information content (AvgIpc) is 3.49. The number of aromatic nitrogens is 4. The quantitative estimate of drug-likeness (QED) is 0.548. The molecule has 0 amide bonds. The van der Waals surface area contributed by atoms with Crippen molar-refractivity contribution in [1.29, 1.82) is 0 Å². The van der Waals surface area contributed by atoms with Crippen LogP contribution in [0.4, 0.5) is 0 Å². The third-order valence-electron chi connectivity index (χ3n) is 6.05. The van der Waals surface area contributed by atoms with Crippen molar-refractivity contribution in [3.05, 3.63) is 90.8 Å². The summed E-state index contributed by atoms with van der Waals surface area (Å²) in [6.45, 7) is 12.5. The molecule has 0 aliphatic carbocycles. The Hall–Kier alpha value is -4.20. The predicted molar refractivity (Wildman–Crippen MR) is 134 cm³/mol. The second-order valence-electron chi connectivity index (χ2n) is 8.72. The molecule has 0 radical (unpaired) electrons. The van der Waals surface area contributed by atoms with Gasteiger partial charge in [-0.1, -0.05) is 61.2 Å². The number of tetrazole rings is 1. The fourth-order valence-corrected chi connectivity index (χ4v) is 4.52. The lowest BCUT2D eigenvalue weighted by Gasteiger charge is -2.36. The summed E-state index contributed by atoms with van der Waals surface area (Å²) in [6.07, 6.45) is 4.01. The molecule has 8 heteroatoms. The number of nitrogens with zero attached hydrogens (tertiary/aromatic N) is 7. The molecule has 5 rings (SSSR count). The van der Waals surface area contributed by atoms with Gasteiger partial charge in [-0.3, -0.25) is 0 Å². The van der Waals surface area contributed by atoms with Crippen LogP contribution < -0.4 is 0 Å². The van der Waals surface area contributed by atoms with E-state index in [0.717, 1.165) is 53.6 Å². The molecule has 34 heavy (non-hydrogen) atoms. The van der Waals surface area contributed by atoms with Gasteiger partial charge in [-0.2, -0.15) is 0 Å².